The summed E-state index contributed by atoms with van der Waals surface area (Å²) in [5.74, 6) is 0.977. The van der Waals surface area contributed by atoms with E-state index in [-0.39, 0.29) is 47.5 Å². The number of anilines is 1. The molecule has 13 heteroatoms. The number of sulfonamides is 1. The van der Waals surface area contributed by atoms with Crippen LogP contribution < -0.4 is 23.7 Å². The fourth-order valence-corrected chi connectivity index (χ4v) is 6.57. The van der Waals surface area contributed by atoms with Gasteiger partial charge in [0.1, 0.15) is 34.3 Å². The molecule has 5 rings (SSSR count). The number of rotatable bonds is 12. The number of hydrogen-bond donors (Lipinski definition) is 1. The van der Waals surface area contributed by atoms with Crippen molar-refractivity contribution >= 4 is 37.5 Å². The molecular formula is C32H32BrN3O8S. The molecule has 4 aromatic rings. The number of amides is 1. The van der Waals surface area contributed by atoms with E-state index in [0.29, 0.717) is 22.6 Å². The topological polar surface area (TPSA) is 126 Å². The van der Waals surface area contributed by atoms with Crippen LogP contribution in [0.15, 0.2) is 88.4 Å². The number of halogens is 1. The van der Waals surface area contributed by atoms with Crippen LogP contribution in [0.3, 0.4) is 0 Å². The number of ether oxygens (including phenoxy) is 5. The fraction of sp³-hybridized carbons (Fsp3) is 0.250. The van der Waals surface area contributed by atoms with Gasteiger partial charge in [0.15, 0.2) is 0 Å². The van der Waals surface area contributed by atoms with E-state index in [9.17, 15) is 13.2 Å². The van der Waals surface area contributed by atoms with Gasteiger partial charge in [0.05, 0.1) is 59.0 Å². The van der Waals surface area contributed by atoms with Gasteiger partial charge in [-0.05, 0) is 42.0 Å². The Hall–Kier alpha value is -4.33. The molecule has 1 aliphatic rings. The molecule has 0 bridgehead atoms. The Kier molecular flexibility index (Phi) is 10.1. The lowest BCUT2D eigenvalue weighted by molar-refractivity contribution is 0.0263. The van der Waals surface area contributed by atoms with Crippen LogP contribution in [-0.4, -0.2) is 64.8 Å². The molecule has 0 radical (unpaired) electrons. The van der Waals surface area contributed by atoms with Crippen LogP contribution in [0.4, 0.5) is 5.69 Å². The number of carbonyl (C=O) groups excluding carboxylic acids is 1. The first-order valence-corrected chi connectivity index (χ1v) is 16.1. The fourth-order valence-electron chi connectivity index (χ4n) is 4.82. The van der Waals surface area contributed by atoms with Crippen LogP contribution >= 0.6 is 15.9 Å². The van der Waals surface area contributed by atoms with E-state index in [1.54, 1.807) is 37.3 Å². The van der Waals surface area contributed by atoms with Gasteiger partial charge in [0.2, 0.25) is 5.88 Å². The predicted molar refractivity (Wildman–Crippen MR) is 171 cm³/mol. The molecule has 1 aromatic heterocycles. The third kappa shape index (κ3) is 7.49. The molecule has 0 saturated heterocycles. The minimum atomic E-state index is -4.12. The first-order valence-electron chi connectivity index (χ1n) is 13.8. The van der Waals surface area contributed by atoms with Gasteiger partial charge in [-0.1, -0.05) is 46.3 Å². The summed E-state index contributed by atoms with van der Waals surface area (Å²) in [6.07, 6.45) is 1.30. The Labute approximate surface area is 270 Å². The van der Waals surface area contributed by atoms with Gasteiger partial charge in [-0.3, -0.25) is 9.52 Å². The molecule has 0 spiro atoms. The highest BCUT2D eigenvalue weighted by molar-refractivity contribution is 9.10. The second kappa shape index (κ2) is 14.2. The average Bonchev–Trinajstić information content (AvgIpc) is 3.17. The molecular weight excluding hydrogens is 666 g/mol. The zero-order valence-electron chi connectivity index (χ0n) is 24.9. The molecule has 0 saturated carbocycles. The standard InChI is InChI=1S/C32H32BrN3O8S/c1-40-26-11-9-22(29(15-26)42-3)17-36-25(19-43-18-21-7-5-4-6-8-21)20-44-31-27(32(36)37)14-24(16-34-31)35-45(38,39)30-13-23(33)10-12-28(30)41-2/h4-16,25,35H,17-20H2,1-3H3/t25-/m0/s1. The zero-order chi connectivity index (χ0) is 32.0. The molecule has 0 unspecified atom stereocenters. The van der Waals surface area contributed by atoms with Gasteiger partial charge in [-0.25, -0.2) is 13.4 Å². The molecule has 3 aromatic carbocycles. The highest BCUT2D eigenvalue weighted by atomic mass is 79.9. The maximum Gasteiger partial charge on any atom is 0.265 e. The molecule has 1 aliphatic heterocycles. The van der Waals surface area contributed by atoms with E-state index in [1.807, 2.05) is 36.4 Å². The summed E-state index contributed by atoms with van der Waals surface area (Å²) in [5.41, 5.74) is 1.89. The van der Waals surface area contributed by atoms with Crippen LogP contribution in [0.25, 0.3) is 0 Å². The number of pyridine rings is 1. The largest absolute Gasteiger partial charge is 0.497 e. The summed E-state index contributed by atoms with van der Waals surface area (Å²) in [5, 5.41) is 0. The van der Waals surface area contributed by atoms with Gasteiger partial charge < -0.3 is 28.6 Å². The van der Waals surface area contributed by atoms with Gasteiger partial charge in [0.25, 0.3) is 15.9 Å². The summed E-state index contributed by atoms with van der Waals surface area (Å²) in [6.45, 7) is 0.773. The van der Waals surface area contributed by atoms with Crippen molar-refractivity contribution in [3.63, 3.8) is 0 Å². The lowest BCUT2D eigenvalue weighted by atomic mass is 10.1. The Morgan fingerprint density at radius 2 is 1.76 bits per heavy atom. The number of nitrogens with zero attached hydrogens (tertiary/aromatic N) is 2. The maximum absolute atomic E-state index is 14.2. The monoisotopic (exact) mass is 697 g/mol. The van der Waals surface area contributed by atoms with Crippen molar-refractivity contribution < 1.29 is 36.9 Å². The van der Waals surface area contributed by atoms with E-state index in [1.165, 1.54) is 31.5 Å². The number of fused-ring (bicyclic) bond motifs is 1. The smallest absolute Gasteiger partial charge is 0.265 e. The zero-order valence-corrected chi connectivity index (χ0v) is 27.3. The van der Waals surface area contributed by atoms with Crippen molar-refractivity contribution in [2.24, 2.45) is 0 Å². The quantitative estimate of drug-likeness (QED) is 0.210. The second-order valence-corrected chi connectivity index (χ2v) is 12.6. The second-order valence-electron chi connectivity index (χ2n) is 10.1. The molecule has 0 aliphatic carbocycles. The minimum Gasteiger partial charge on any atom is -0.497 e. The summed E-state index contributed by atoms with van der Waals surface area (Å²) < 4.78 is 58.0. The molecule has 1 atom stereocenters. The Morgan fingerprint density at radius 3 is 2.49 bits per heavy atom. The number of methoxy groups -OCH3 is 3. The van der Waals surface area contributed by atoms with E-state index in [0.717, 1.165) is 11.1 Å². The van der Waals surface area contributed by atoms with E-state index in [4.69, 9.17) is 23.7 Å². The SMILES string of the molecule is COc1ccc(CN2C(=O)c3cc(NS(=O)(=O)c4cc(Br)ccc4OC)cnc3OC[C@@H]2COCc2ccccc2)c(OC)c1. The molecule has 2 heterocycles. The number of hydrogen-bond acceptors (Lipinski definition) is 9. The highest BCUT2D eigenvalue weighted by Crippen LogP contribution is 2.33. The summed E-state index contributed by atoms with van der Waals surface area (Å²) in [6, 6.07) is 20.6. The average molecular weight is 699 g/mol. The van der Waals surface area contributed by atoms with Crippen LogP contribution in [0.5, 0.6) is 23.1 Å². The lowest BCUT2D eigenvalue weighted by Gasteiger charge is -2.30. The first kappa shape index (κ1) is 32.1. The molecule has 236 valence electrons. The third-order valence-corrected chi connectivity index (χ3v) is 9.02. The number of nitrogens with one attached hydrogen (secondary N) is 1. The van der Waals surface area contributed by atoms with E-state index in [2.05, 4.69) is 25.6 Å². The van der Waals surface area contributed by atoms with E-state index >= 15 is 0 Å². The Morgan fingerprint density at radius 1 is 0.978 bits per heavy atom. The van der Waals surface area contributed by atoms with Crippen molar-refractivity contribution in [2.45, 2.75) is 24.1 Å². The number of aromatic nitrogens is 1. The first-order chi connectivity index (χ1) is 21.7. The molecule has 45 heavy (non-hydrogen) atoms. The van der Waals surface area contributed by atoms with Crippen molar-refractivity contribution in [3.05, 3.63) is 100 Å². The van der Waals surface area contributed by atoms with Gasteiger partial charge in [0, 0.05) is 16.1 Å². The Bertz CT molecular complexity index is 1770. The molecule has 11 nitrogen and oxygen atoms in total. The highest BCUT2D eigenvalue weighted by Gasteiger charge is 2.33. The van der Waals surface area contributed by atoms with Crippen molar-refractivity contribution in [2.75, 3.05) is 39.3 Å². The van der Waals surface area contributed by atoms with Crippen LogP contribution in [0.2, 0.25) is 0 Å². The molecule has 1 amide bonds. The lowest BCUT2D eigenvalue weighted by Crippen LogP contribution is -2.44. The van der Waals surface area contributed by atoms with Gasteiger partial charge in [-0.2, -0.15) is 0 Å². The van der Waals surface area contributed by atoms with Gasteiger partial charge >= 0.3 is 0 Å². The molecule has 0 fully saturated rings. The summed E-state index contributed by atoms with van der Waals surface area (Å²) in [7, 11) is 0.374. The summed E-state index contributed by atoms with van der Waals surface area (Å²) >= 11 is 3.30. The van der Waals surface area contributed by atoms with Crippen molar-refractivity contribution in [3.8, 4) is 23.1 Å². The predicted octanol–water partition coefficient (Wildman–Crippen LogP) is 5.29. The van der Waals surface area contributed by atoms with Crippen LogP contribution in [0.1, 0.15) is 21.5 Å². The van der Waals surface area contributed by atoms with Gasteiger partial charge in [-0.15, -0.1) is 0 Å². The Balaban J connectivity index is 1.46. The minimum absolute atomic E-state index is 0.0773. The maximum atomic E-state index is 14.2. The molecule has 1 N–H and O–H groups in total. The summed E-state index contributed by atoms with van der Waals surface area (Å²) in [4.78, 5) is 20.1. The van der Waals surface area contributed by atoms with Crippen molar-refractivity contribution in [1.29, 1.82) is 0 Å². The number of benzene rings is 3. The number of carbonyl (C=O) groups is 1. The third-order valence-electron chi connectivity index (χ3n) is 7.12. The normalized spacial score (nSPS) is 14.6. The van der Waals surface area contributed by atoms with Crippen LogP contribution in [0, 0.1) is 0 Å². The van der Waals surface area contributed by atoms with Crippen molar-refractivity contribution in [1.82, 2.24) is 9.88 Å². The van der Waals surface area contributed by atoms with Crippen LogP contribution in [-0.2, 0) is 27.9 Å². The van der Waals surface area contributed by atoms with E-state index < -0.39 is 22.0 Å².